The Labute approximate surface area is 143 Å². The maximum absolute atomic E-state index is 13.0. The molecule has 0 aliphatic rings. The van der Waals surface area contributed by atoms with E-state index in [-0.39, 0.29) is 0 Å². The second-order valence-corrected chi connectivity index (χ2v) is 7.76. The smallest absolute Gasteiger partial charge is 0.245 e. The van der Waals surface area contributed by atoms with E-state index in [0.717, 1.165) is 35.2 Å². The normalized spacial score (nSPS) is 11.6. The van der Waals surface area contributed by atoms with Crippen molar-refractivity contribution >= 4 is 10.0 Å². The lowest BCUT2D eigenvalue weighted by Crippen LogP contribution is -2.14. The maximum Gasteiger partial charge on any atom is 0.267 e. The number of aryl methyl sites for hydroxylation is 2. The van der Waals surface area contributed by atoms with Gasteiger partial charge in [-0.2, -0.15) is 0 Å². The largest absolute Gasteiger partial charge is 0.267 e. The lowest BCUT2D eigenvalue weighted by molar-refractivity contribution is 0.585. The summed E-state index contributed by atoms with van der Waals surface area (Å²) in [7, 11) is -3.58. The van der Waals surface area contributed by atoms with Crippen LogP contribution in [0.2, 0.25) is 0 Å². The van der Waals surface area contributed by atoms with Gasteiger partial charge in [-0.3, -0.25) is 0 Å². The Kier molecular flexibility index (Phi) is 4.58. The number of rotatable bonds is 5. The van der Waals surface area contributed by atoms with Crippen molar-refractivity contribution in [3.63, 3.8) is 0 Å². The van der Waals surface area contributed by atoms with Gasteiger partial charge < -0.3 is 0 Å². The number of aromatic nitrogens is 1. The highest BCUT2D eigenvalue weighted by molar-refractivity contribution is 7.90. The van der Waals surface area contributed by atoms with Crippen LogP contribution in [0.3, 0.4) is 0 Å². The third kappa shape index (κ3) is 3.15. The van der Waals surface area contributed by atoms with Crippen molar-refractivity contribution in [1.29, 1.82) is 0 Å². The zero-order valence-corrected chi connectivity index (χ0v) is 14.8. The molecular weight excluding hydrogens is 318 g/mol. The first-order valence-electron chi connectivity index (χ1n) is 8.11. The number of hydrogen-bond donors (Lipinski definition) is 0. The predicted octanol–water partition coefficient (Wildman–Crippen LogP) is 4.65. The minimum absolute atomic E-state index is 0.320. The monoisotopic (exact) mass is 339 g/mol. The highest BCUT2D eigenvalue weighted by Gasteiger charge is 2.20. The van der Waals surface area contributed by atoms with Crippen molar-refractivity contribution in [2.45, 2.75) is 31.6 Å². The number of benzene rings is 2. The maximum atomic E-state index is 13.0. The second-order valence-electron chi connectivity index (χ2n) is 5.95. The van der Waals surface area contributed by atoms with Gasteiger partial charge in [-0.25, -0.2) is 12.4 Å². The molecule has 3 aromatic rings. The van der Waals surface area contributed by atoms with Crippen LogP contribution in [-0.4, -0.2) is 12.4 Å². The lowest BCUT2D eigenvalue weighted by Gasteiger charge is -2.10. The first-order chi connectivity index (χ1) is 11.5. The van der Waals surface area contributed by atoms with Gasteiger partial charge in [-0.15, -0.1) is 0 Å². The van der Waals surface area contributed by atoms with Gasteiger partial charge in [0.25, 0.3) is 10.0 Å². The fourth-order valence-electron chi connectivity index (χ4n) is 2.76. The molecule has 124 valence electrons. The minimum atomic E-state index is -3.58. The van der Waals surface area contributed by atoms with Crippen LogP contribution in [0.25, 0.3) is 11.1 Å². The van der Waals surface area contributed by atoms with Gasteiger partial charge in [0.05, 0.1) is 4.90 Å². The van der Waals surface area contributed by atoms with E-state index >= 15 is 0 Å². The molecule has 1 aromatic heterocycles. The summed E-state index contributed by atoms with van der Waals surface area (Å²) in [5.74, 6) is 0. The molecule has 0 spiro atoms. The molecular formula is C20H21NO2S. The molecule has 4 heteroatoms. The Balaban J connectivity index is 2.12. The summed E-state index contributed by atoms with van der Waals surface area (Å²) in [5.41, 5.74) is 3.81. The summed E-state index contributed by atoms with van der Waals surface area (Å²) in [4.78, 5) is 0.320. The molecule has 1 heterocycles. The van der Waals surface area contributed by atoms with Gasteiger partial charge in [-0.05, 0) is 37.1 Å². The fraction of sp³-hybridized carbons (Fsp3) is 0.200. The predicted molar refractivity (Wildman–Crippen MR) is 97.6 cm³/mol. The Hall–Kier alpha value is -2.33. The Morgan fingerprint density at radius 3 is 2.21 bits per heavy atom. The molecule has 0 atom stereocenters. The molecule has 0 amide bonds. The molecule has 3 rings (SSSR count). The van der Waals surface area contributed by atoms with E-state index in [1.807, 2.05) is 55.5 Å². The Morgan fingerprint density at radius 2 is 1.58 bits per heavy atom. The van der Waals surface area contributed by atoms with Gasteiger partial charge in [-0.1, -0.05) is 61.4 Å². The molecule has 2 aromatic carbocycles. The van der Waals surface area contributed by atoms with E-state index in [2.05, 4.69) is 6.92 Å². The van der Waals surface area contributed by atoms with Crippen LogP contribution in [0.4, 0.5) is 0 Å². The highest BCUT2D eigenvalue weighted by Crippen LogP contribution is 2.26. The van der Waals surface area contributed by atoms with Gasteiger partial charge in [0.1, 0.15) is 0 Å². The molecule has 0 N–H and O–H groups in total. The van der Waals surface area contributed by atoms with E-state index in [0.29, 0.717) is 4.90 Å². The highest BCUT2D eigenvalue weighted by atomic mass is 32.2. The van der Waals surface area contributed by atoms with Crippen LogP contribution in [0.5, 0.6) is 0 Å². The standard InChI is InChI=1S/C20H21NO2S/c1-3-7-19-14-18(17-8-5-4-6-9-17)15-21(19)24(22,23)20-12-10-16(2)11-13-20/h4-6,8-15H,3,7H2,1-2H3. The van der Waals surface area contributed by atoms with E-state index in [9.17, 15) is 8.42 Å². The Bertz CT molecular complexity index is 924. The molecule has 0 unspecified atom stereocenters. The van der Waals surface area contributed by atoms with Gasteiger partial charge in [0.15, 0.2) is 0 Å². The van der Waals surface area contributed by atoms with Crippen LogP contribution in [0.1, 0.15) is 24.6 Å². The van der Waals surface area contributed by atoms with Crippen molar-refractivity contribution in [2.75, 3.05) is 0 Å². The zero-order valence-electron chi connectivity index (χ0n) is 13.9. The molecule has 0 aliphatic heterocycles. The molecule has 0 saturated heterocycles. The fourth-order valence-corrected chi connectivity index (χ4v) is 4.18. The second kappa shape index (κ2) is 6.65. The summed E-state index contributed by atoms with van der Waals surface area (Å²) < 4.78 is 27.5. The van der Waals surface area contributed by atoms with Gasteiger partial charge >= 0.3 is 0 Å². The first-order valence-corrected chi connectivity index (χ1v) is 9.55. The number of nitrogens with zero attached hydrogens (tertiary/aromatic N) is 1. The van der Waals surface area contributed by atoms with E-state index in [1.54, 1.807) is 18.3 Å². The third-order valence-electron chi connectivity index (χ3n) is 4.05. The van der Waals surface area contributed by atoms with Crippen molar-refractivity contribution in [3.8, 4) is 11.1 Å². The summed E-state index contributed by atoms with van der Waals surface area (Å²) in [6.07, 6.45) is 3.34. The molecule has 0 bridgehead atoms. The minimum Gasteiger partial charge on any atom is -0.245 e. The Morgan fingerprint density at radius 1 is 0.917 bits per heavy atom. The summed E-state index contributed by atoms with van der Waals surface area (Å²) in [6.45, 7) is 4.00. The molecule has 3 nitrogen and oxygen atoms in total. The summed E-state index contributed by atoms with van der Waals surface area (Å²) >= 11 is 0. The van der Waals surface area contributed by atoms with Crippen molar-refractivity contribution < 1.29 is 8.42 Å². The zero-order chi connectivity index (χ0) is 17.2. The lowest BCUT2D eigenvalue weighted by atomic mass is 10.1. The van der Waals surface area contributed by atoms with Crippen LogP contribution < -0.4 is 0 Å². The SMILES string of the molecule is CCCc1cc(-c2ccccc2)cn1S(=O)(=O)c1ccc(C)cc1. The molecule has 0 radical (unpaired) electrons. The molecule has 24 heavy (non-hydrogen) atoms. The molecule has 0 fully saturated rings. The van der Waals surface area contributed by atoms with Gasteiger partial charge in [0.2, 0.25) is 0 Å². The van der Waals surface area contributed by atoms with Crippen LogP contribution in [0, 0.1) is 6.92 Å². The van der Waals surface area contributed by atoms with E-state index in [4.69, 9.17) is 0 Å². The molecule has 0 saturated carbocycles. The average Bonchev–Trinajstić information content (AvgIpc) is 3.01. The third-order valence-corrected chi connectivity index (χ3v) is 5.78. The van der Waals surface area contributed by atoms with Crippen molar-refractivity contribution in [3.05, 3.63) is 78.1 Å². The van der Waals surface area contributed by atoms with E-state index in [1.165, 1.54) is 3.97 Å². The summed E-state index contributed by atoms with van der Waals surface area (Å²) in [6, 6.07) is 18.8. The van der Waals surface area contributed by atoms with Crippen LogP contribution in [-0.2, 0) is 16.4 Å². The average molecular weight is 339 g/mol. The van der Waals surface area contributed by atoms with Crippen LogP contribution >= 0.6 is 0 Å². The van der Waals surface area contributed by atoms with E-state index < -0.39 is 10.0 Å². The molecule has 0 aliphatic carbocycles. The van der Waals surface area contributed by atoms with Crippen LogP contribution in [0.15, 0.2) is 71.8 Å². The van der Waals surface area contributed by atoms with Crippen molar-refractivity contribution in [1.82, 2.24) is 3.97 Å². The van der Waals surface area contributed by atoms with Crippen molar-refractivity contribution in [2.24, 2.45) is 0 Å². The van der Waals surface area contributed by atoms with Gasteiger partial charge in [0, 0.05) is 17.5 Å². The topological polar surface area (TPSA) is 39.1 Å². The quantitative estimate of drug-likeness (QED) is 0.678. The first kappa shape index (κ1) is 16.5. The summed E-state index contributed by atoms with van der Waals surface area (Å²) in [5, 5.41) is 0. The number of hydrogen-bond acceptors (Lipinski definition) is 2.